The van der Waals surface area contributed by atoms with Crippen LogP contribution in [0, 0.1) is 21.7 Å². The summed E-state index contributed by atoms with van der Waals surface area (Å²) in [5.74, 6) is 0.308. The highest BCUT2D eigenvalue weighted by atomic mass is 32.1. The Morgan fingerprint density at radius 2 is 0.714 bits per heavy atom. The Bertz CT molecular complexity index is 1650. The van der Waals surface area contributed by atoms with Crippen LogP contribution in [-0.4, -0.2) is 11.6 Å². The first kappa shape index (κ1) is 30.6. The third-order valence-corrected chi connectivity index (χ3v) is 10.2. The van der Waals surface area contributed by atoms with Crippen LogP contribution in [0.4, 0.5) is 0 Å². The molecule has 2 aromatic heterocycles. The molecule has 0 amide bonds. The van der Waals surface area contributed by atoms with Gasteiger partial charge in [-0.2, -0.15) is 0 Å². The number of fused-ring (bicyclic) bond motifs is 2. The molecule has 0 saturated carbocycles. The number of carbonyl (C=O) groups excluding carboxylic acids is 2. The number of thiophene rings is 2. The highest BCUT2D eigenvalue weighted by molar-refractivity contribution is 7.18. The molecule has 0 aliphatic heterocycles. The number of hydrogen-bond donors (Lipinski definition) is 0. The quantitative estimate of drug-likeness (QED) is 0.259. The second-order valence-electron chi connectivity index (χ2n) is 15.9. The maximum atomic E-state index is 13.7. The average Bonchev–Trinajstić information content (AvgIpc) is 3.50. The second kappa shape index (κ2) is 9.86. The second-order valence-corrected chi connectivity index (χ2v) is 17.7. The minimum absolute atomic E-state index is 0.154. The highest BCUT2D eigenvalue weighted by Gasteiger charge is 2.36. The zero-order chi connectivity index (χ0) is 31.2. The van der Waals surface area contributed by atoms with Gasteiger partial charge in [-0.05, 0) is 80.0 Å². The van der Waals surface area contributed by atoms with E-state index in [0.717, 1.165) is 33.4 Å². The van der Waals surface area contributed by atoms with Gasteiger partial charge in [0.15, 0.2) is 11.6 Å². The van der Waals surface area contributed by atoms with E-state index in [9.17, 15) is 9.59 Å². The van der Waals surface area contributed by atoms with E-state index in [2.05, 4.69) is 130 Å². The van der Waals surface area contributed by atoms with Gasteiger partial charge < -0.3 is 0 Å². The maximum Gasteiger partial charge on any atom is 0.186 e. The molecule has 0 spiro atoms. The molecule has 2 heterocycles. The van der Waals surface area contributed by atoms with Crippen molar-refractivity contribution in [2.75, 3.05) is 0 Å². The number of hydrogen-bond acceptors (Lipinski definition) is 4. The Morgan fingerprint density at radius 1 is 0.452 bits per heavy atom. The molecule has 0 fully saturated rings. The zero-order valence-corrected chi connectivity index (χ0v) is 28.9. The summed E-state index contributed by atoms with van der Waals surface area (Å²) in [6.07, 6.45) is 8.57. The third-order valence-electron chi connectivity index (χ3n) is 8.31. The van der Waals surface area contributed by atoms with Crippen molar-refractivity contribution in [2.45, 2.75) is 83.1 Å². The van der Waals surface area contributed by atoms with Crippen LogP contribution in [0.1, 0.15) is 83.1 Å². The van der Waals surface area contributed by atoms with Crippen LogP contribution in [0.2, 0.25) is 0 Å². The molecule has 220 valence electrons. The summed E-state index contributed by atoms with van der Waals surface area (Å²) >= 11 is 3.51. The van der Waals surface area contributed by atoms with Gasteiger partial charge in [0.2, 0.25) is 0 Å². The number of rotatable bonds is 0. The third kappa shape index (κ3) is 5.15. The Hall–Kier alpha value is -2.82. The molecular weight excluding hydrogens is 553 g/mol. The first-order valence-electron chi connectivity index (χ1n) is 14.8. The van der Waals surface area contributed by atoms with Crippen LogP contribution in [-0.2, 0) is 9.59 Å². The molecule has 2 aliphatic carbocycles. The van der Waals surface area contributed by atoms with Crippen molar-refractivity contribution in [2.24, 2.45) is 21.7 Å². The predicted molar refractivity (Wildman–Crippen MR) is 183 cm³/mol. The number of Topliss-reactive ketones (excluding diaryl/α,β-unsaturated/α-hetero) is 2. The molecule has 0 N–H and O–H groups in total. The molecular formula is C38H44O2S2. The molecule has 0 unspecified atom stereocenters. The first-order chi connectivity index (χ1) is 19.2. The molecule has 0 radical (unpaired) electrons. The number of ketones is 2. The summed E-state index contributed by atoms with van der Waals surface area (Å²) in [5.41, 5.74) is 4.54. The molecule has 2 aliphatic rings. The summed E-state index contributed by atoms with van der Waals surface area (Å²) in [6, 6.07) is 4.46. The molecule has 5 rings (SSSR count). The van der Waals surface area contributed by atoms with Crippen LogP contribution in [0.5, 0.6) is 0 Å². The normalized spacial score (nSPS) is 17.6. The molecule has 0 atom stereocenters. The van der Waals surface area contributed by atoms with E-state index in [1.165, 1.54) is 30.6 Å². The van der Waals surface area contributed by atoms with Gasteiger partial charge in [0, 0.05) is 52.9 Å². The molecule has 0 bridgehead atoms. The minimum atomic E-state index is -0.276. The lowest BCUT2D eigenvalue weighted by molar-refractivity contribution is -0.114. The summed E-state index contributed by atoms with van der Waals surface area (Å²) in [4.78, 5) is 27.5. The van der Waals surface area contributed by atoms with E-state index < -0.39 is 0 Å². The van der Waals surface area contributed by atoms with Crippen LogP contribution in [0.3, 0.4) is 0 Å². The fourth-order valence-electron chi connectivity index (χ4n) is 5.99. The lowest BCUT2D eigenvalue weighted by Crippen LogP contribution is -2.29. The molecule has 42 heavy (non-hydrogen) atoms. The van der Waals surface area contributed by atoms with Gasteiger partial charge in [-0.1, -0.05) is 83.1 Å². The summed E-state index contributed by atoms with van der Waals surface area (Å²) < 4.78 is 2.44. The fraction of sp³-hybridized carbons (Fsp3) is 0.421. The van der Waals surface area contributed by atoms with E-state index >= 15 is 0 Å². The van der Waals surface area contributed by atoms with Gasteiger partial charge in [0.05, 0.1) is 0 Å². The summed E-state index contributed by atoms with van der Waals surface area (Å²) in [5, 5.41) is 9.14. The van der Waals surface area contributed by atoms with Gasteiger partial charge in [0.25, 0.3) is 0 Å². The van der Waals surface area contributed by atoms with Gasteiger partial charge in [-0.3, -0.25) is 9.59 Å². The van der Waals surface area contributed by atoms with Gasteiger partial charge >= 0.3 is 0 Å². The largest absolute Gasteiger partial charge is 0.289 e. The molecule has 0 saturated heterocycles. The van der Waals surface area contributed by atoms with Gasteiger partial charge in [0.1, 0.15) is 0 Å². The van der Waals surface area contributed by atoms with Crippen molar-refractivity contribution in [3.05, 3.63) is 79.9 Å². The number of carbonyl (C=O) groups is 2. The number of allylic oxidation sites excluding steroid dienone is 8. The standard InChI is InChI=1S/C38H44O2S2/c1-35(2,3)25-17-21(18-26(31(25)39)36(4,5)6)29-23-13-15-42-34(23)30(24-14-16-41-33(24)29)22-19-27(37(7,8)9)32(40)28(20-22)38(10,11)12/h13-20H,1-12H3. The lowest BCUT2D eigenvalue weighted by atomic mass is 9.71. The maximum absolute atomic E-state index is 13.7. The van der Waals surface area contributed by atoms with Crippen molar-refractivity contribution in [1.82, 2.24) is 0 Å². The Balaban J connectivity index is 2.02. The van der Waals surface area contributed by atoms with Crippen molar-refractivity contribution in [1.29, 1.82) is 0 Å². The van der Waals surface area contributed by atoms with Gasteiger partial charge in [-0.25, -0.2) is 0 Å². The Kier molecular flexibility index (Phi) is 7.19. The molecule has 3 aromatic rings. The summed E-state index contributed by atoms with van der Waals surface area (Å²) in [6.45, 7) is 25.5. The minimum Gasteiger partial charge on any atom is -0.289 e. The number of benzene rings is 1. The summed E-state index contributed by atoms with van der Waals surface area (Å²) in [7, 11) is 0. The van der Waals surface area contributed by atoms with E-state index in [1.54, 1.807) is 22.7 Å². The molecule has 4 heteroatoms. The molecule has 2 nitrogen and oxygen atoms in total. The Morgan fingerprint density at radius 3 is 0.952 bits per heavy atom. The SMILES string of the molecule is CC(C)(C)C1=CC(=c2c3ccsc3c(=C3C=C(C(C)(C)C)C(=O)C(C(C)(C)C)=C3)c3ccsc23)C=C(C(C)(C)C)C1=O. The topological polar surface area (TPSA) is 34.1 Å². The van der Waals surface area contributed by atoms with Crippen molar-refractivity contribution in [3.8, 4) is 0 Å². The average molecular weight is 597 g/mol. The van der Waals surface area contributed by atoms with Crippen molar-refractivity contribution >= 4 is 65.6 Å². The highest BCUT2D eigenvalue weighted by Crippen LogP contribution is 2.41. The van der Waals surface area contributed by atoms with E-state index in [1.807, 2.05) is 0 Å². The monoisotopic (exact) mass is 596 g/mol. The smallest absolute Gasteiger partial charge is 0.186 e. The van der Waals surface area contributed by atoms with E-state index in [0.29, 0.717) is 0 Å². The Labute approximate surface area is 258 Å². The van der Waals surface area contributed by atoms with E-state index in [4.69, 9.17) is 0 Å². The zero-order valence-electron chi connectivity index (χ0n) is 27.3. The van der Waals surface area contributed by atoms with Crippen LogP contribution in [0.25, 0.3) is 31.3 Å². The van der Waals surface area contributed by atoms with E-state index in [-0.39, 0.29) is 33.2 Å². The van der Waals surface area contributed by atoms with Gasteiger partial charge in [-0.15, -0.1) is 22.7 Å². The lowest BCUT2D eigenvalue weighted by Gasteiger charge is -2.31. The van der Waals surface area contributed by atoms with Crippen LogP contribution < -0.4 is 10.4 Å². The van der Waals surface area contributed by atoms with Crippen LogP contribution >= 0.6 is 22.7 Å². The van der Waals surface area contributed by atoms with Crippen molar-refractivity contribution in [3.63, 3.8) is 0 Å². The molecule has 1 aromatic carbocycles. The fourth-order valence-corrected chi connectivity index (χ4v) is 7.96. The van der Waals surface area contributed by atoms with Crippen molar-refractivity contribution < 1.29 is 9.59 Å². The first-order valence-corrected chi connectivity index (χ1v) is 16.6. The predicted octanol–water partition coefficient (Wildman–Crippen LogP) is 9.47. The van der Waals surface area contributed by atoms with Crippen LogP contribution in [0.15, 0.2) is 69.5 Å².